The normalized spacial score (nSPS) is 6.50. The minimum Gasteiger partial charge on any atom is -0.431 e. The molecule has 8 heavy (non-hydrogen) atoms. The van der Waals surface area contributed by atoms with Crippen LogP contribution in [-0.2, 0) is 4.79 Å². The van der Waals surface area contributed by atoms with Crippen LogP contribution in [0.25, 0.3) is 0 Å². The molecule has 0 fully saturated rings. The van der Waals surface area contributed by atoms with Crippen molar-refractivity contribution < 1.29 is 9.21 Å². The highest BCUT2D eigenvalue weighted by atomic mass is 16.3. The standard InChI is InChI=1S/C2H2N2O.CH3NO/c1-3-4-2-5-1;2-1-3/h1-2H;1H,(H2,2,3). The first-order valence-corrected chi connectivity index (χ1v) is 1.76. The highest BCUT2D eigenvalue weighted by Crippen LogP contribution is 1.64. The third kappa shape index (κ3) is 4.61. The second kappa shape index (κ2) is 5.61. The summed E-state index contributed by atoms with van der Waals surface area (Å²) in [4.78, 5) is 8.58. The van der Waals surface area contributed by atoms with Gasteiger partial charge in [0, 0.05) is 0 Å². The number of carbonyl (C=O) groups is 1. The van der Waals surface area contributed by atoms with Gasteiger partial charge in [-0.05, 0) is 0 Å². The number of rotatable bonds is 0. The van der Waals surface area contributed by atoms with Crippen LogP contribution in [-0.4, -0.2) is 16.6 Å². The van der Waals surface area contributed by atoms with E-state index in [2.05, 4.69) is 20.3 Å². The van der Waals surface area contributed by atoms with E-state index in [0.717, 1.165) is 0 Å². The summed E-state index contributed by atoms with van der Waals surface area (Å²) in [5, 5.41) is 6.61. The Hall–Kier alpha value is -1.39. The van der Waals surface area contributed by atoms with Gasteiger partial charge in [0.05, 0.1) is 0 Å². The van der Waals surface area contributed by atoms with Crippen molar-refractivity contribution in [3.63, 3.8) is 0 Å². The van der Waals surface area contributed by atoms with Crippen molar-refractivity contribution in [3.05, 3.63) is 12.8 Å². The highest BCUT2D eigenvalue weighted by Gasteiger charge is 1.60. The van der Waals surface area contributed by atoms with Crippen LogP contribution in [0.2, 0.25) is 0 Å². The number of primary amides is 1. The monoisotopic (exact) mass is 115 g/mol. The molecule has 44 valence electrons. The largest absolute Gasteiger partial charge is 0.431 e. The Labute approximate surface area is 45.5 Å². The number of aromatic nitrogens is 2. The predicted molar refractivity (Wildman–Crippen MR) is 24.5 cm³/mol. The Morgan fingerprint density at radius 3 is 2.00 bits per heavy atom. The number of hydrogen-bond acceptors (Lipinski definition) is 4. The summed E-state index contributed by atoms with van der Waals surface area (Å²) in [7, 11) is 0. The lowest BCUT2D eigenvalue weighted by molar-refractivity contribution is -0.106. The lowest BCUT2D eigenvalue weighted by atomic mass is 11.5. The van der Waals surface area contributed by atoms with Crippen LogP contribution in [0.4, 0.5) is 0 Å². The van der Waals surface area contributed by atoms with Crippen LogP contribution < -0.4 is 5.73 Å². The molecular weight excluding hydrogens is 110 g/mol. The van der Waals surface area contributed by atoms with E-state index in [1.165, 1.54) is 12.8 Å². The molecule has 0 aromatic carbocycles. The fourth-order valence-corrected chi connectivity index (χ4v) is 0.136. The molecule has 0 unspecified atom stereocenters. The first-order chi connectivity index (χ1) is 3.91. The number of carbonyl (C=O) groups excluding carboxylic acids is 1. The van der Waals surface area contributed by atoms with Crippen molar-refractivity contribution >= 4 is 6.41 Å². The molecule has 0 aliphatic carbocycles. The van der Waals surface area contributed by atoms with Crippen LogP contribution in [0, 0.1) is 0 Å². The van der Waals surface area contributed by atoms with Crippen molar-refractivity contribution in [3.8, 4) is 0 Å². The summed E-state index contributed by atoms with van der Waals surface area (Å²) >= 11 is 0. The third-order valence-electron chi connectivity index (χ3n) is 0.283. The molecule has 1 amide bonds. The molecule has 0 atom stereocenters. The van der Waals surface area contributed by atoms with E-state index >= 15 is 0 Å². The molecule has 1 rings (SSSR count). The summed E-state index contributed by atoms with van der Waals surface area (Å²) in [5.41, 5.74) is 4.17. The lowest BCUT2D eigenvalue weighted by Crippen LogP contribution is -1.82. The molecule has 0 saturated heterocycles. The maximum absolute atomic E-state index is 8.58. The number of hydrogen-bond donors (Lipinski definition) is 1. The van der Waals surface area contributed by atoms with Crippen LogP contribution in [0.3, 0.4) is 0 Å². The van der Waals surface area contributed by atoms with E-state index in [1.54, 1.807) is 0 Å². The van der Waals surface area contributed by atoms with Gasteiger partial charge in [0.25, 0.3) is 0 Å². The second-order valence-corrected chi connectivity index (χ2v) is 0.714. The summed E-state index contributed by atoms with van der Waals surface area (Å²) in [6.45, 7) is 0. The average Bonchev–Trinajstić information content (AvgIpc) is 2.17. The zero-order valence-corrected chi connectivity index (χ0v) is 4.02. The molecule has 5 heteroatoms. The highest BCUT2D eigenvalue weighted by molar-refractivity contribution is 5.42. The van der Waals surface area contributed by atoms with Crippen LogP contribution in [0.1, 0.15) is 0 Å². The van der Waals surface area contributed by atoms with Gasteiger partial charge in [-0.25, -0.2) is 0 Å². The van der Waals surface area contributed by atoms with Gasteiger partial charge in [0.2, 0.25) is 19.2 Å². The fourth-order valence-electron chi connectivity index (χ4n) is 0.136. The quantitative estimate of drug-likeness (QED) is 0.447. The number of nitrogens with two attached hydrogens (primary N) is 1. The zero-order chi connectivity index (χ0) is 6.24. The van der Waals surface area contributed by atoms with E-state index in [9.17, 15) is 0 Å². The molecule has 1 aromatic heterocycles. The number of amides is 1. The third-order valence-corrected chi connectivity index (χ3v) is 0.283. The van der Waals surface area contributed by atoms with E-state index < -0.39 is 0 Å². The molecule has 0 aliphatic rings. The van der Waals surface area contributed by atoms with Gasteiger partial charge in [0.15, 0.2) is 0 Å². The Balaban J connectivity index is 0.000000145. The lowest BCUT2D eigenvalue weighted by Gasteiger charge is -1.44. The summed E-state index contributed by atoms with van der Waals surface area (Å²) in [6, 6.07) is 0. The van der Waals surface area contributed by atoms with Crippen molar-refractivity contribution in [2.24, 2.45) is 5.73 Å². The minimum atomic E-state index is 0.250. The van der Waals surface area contributed by atoms with E-state index in [-0.39, 0.29) is 6.41 Å². The maximum atomic E-state index is 8.58. The van der Waals surface area contributed by atoms with Gasteiger partial charge < -0.3 is 10.2 Å². The van der Waals surface area contributed by atoms with Crippen LogP contribution in [0.5, 0.6) is 0 Å². The Kier molecular flexibility index (Phi) is 4.64. The molecular formula is C3H5N3O2. The van der Waals surface area contributed by atoms with Crippen molar-refractivity contribution in [1.82, 2.24) is 10.2 Å². The smallest absolute Gasteiger partial charge is 0.204 e. The molecule has 2 N–H and O–H groups in total. The Morgan fingerprint density at radius 2 is 1.88 bits per heavy atom. The van der Waals surface area contributed by atoms with Gasteiger partial charge in [0.1, 0.15) is 0 Å². The van der Waals surface area contributed by atoms with Gasteiger partial charge >= 0.3 is 0 Å². The van der Waals surface area contributed by atoms with Gasteiger partial charge in [-0.3, -0.25) is 4.79 Å². The first-order valence-electron chi connectivity index (χ1n) is 1.76. The Morgan fingerprint density at radius 1 is 1.50 bits per heavy atom. The molecule has 0 saturated carbocycles. The molecule has 1 heterocycles. The predicted octanol–water partition coefficient (Wildman–Crippen LogP) is -0.829. The molecule has 0 radical (unpaired) electrons. The minimum absolute atomic E-state index is 0.250. The van der Waals surface area contributed by atoms with Crippen molar-refractivity contribution in [2.75, 3.05) is 0 Å². The molecule has 0 bridgehead atoms. The summed E-state index contributed by atoms with van der Waals surface area (Å²) in [5.74, 6) is 0. The summed E-state index contributed by atoms with van der Waals surface area (Å²) in [6.07, 6.45) is 2.78. The van der Waals surface area contributed by atoms with Crippen molar-refractivity contribution in [2.45, 2.75) is 0 Å². The zero-order valence-electron chi connectivity index (χ0n) is 4.02. The molecule has 0 aliphatic heterocycles. The van der Waals surface area contributed by atoms with Crippen molar-refractivity contribution in [1.29, 1.82) is 0 Å². The average molecular weight is 115 g/mol. The Bertz CT molecular complexity index is 98.9. The molecule has 1 aromatic rings. The number of nitrogens with zero attached hydrogens (tertiary/aromatic N) is 2. The molecule has 5 nitrogen and oxygen atoms in total. The van der Waals surface area contributed by atoms with Crippen LogP contribution in [0.15, 0.2) is 17.2 Å². The van der Waals surface area contributed by atoms with Crippen LogP contribution >= 0.6 is 0 Å². The van der Waals surface area contributed by atoms with Gasteiger partial charge in [-0.1, -0.05) is 0 Å². The van der Waals surface area contributed by atoms with E-state index in [4.69, 9.17) is 4.79 Å². The SMILES string of the molecule is NC=O.c1nnco1. The topological polar surface area (TPSA) is 82.0 Å². The maximum Gasteiger partial charge on any atom is 0.204 e. The summed E-state index contributed by atoms with van der Waals surface area (Å²) < 4.78 is 4.36. The first kappa shape index (κ1) is 6.61. The second-order valence-electron chi connectivity index (χ2n) is 0.714. The van der Waals surface area contributed by atoms with Gasteiger partial charge in [-0.15, -0.1) is 10.2 Å². The van der Waals surface area contributed by atoms with E-state index in [1.807, 2.05) is 0 Å². The molecule has 0 spiro atoms. The fraction of sp³-hybridized carbons (Fsp3) is 0. The van der Waals surface area contributed by atoms with E-state index in [0.29, 0.717) is 0 Å². The van der Waals surface area contributed by atoms with Gasteiger partial charge in [-0.2, -0.15) is 0 Å².